The first-order valence-electron chi connectivity index (χ1n) is 7.78. The number of fused-ring (bicyclic) bond motifs is 1. The van der Waals surface area contributed by atoms with E-state index >= 15 is 0 Å². The van der Waals surface area contributed by atoms with Gasteiger partial charge in [0.1, 0.15) is 0 Å². The van der Waals surface area contributed by atoms with Gasteiger partial charge in [-0.1, -0.05) is 18.7 Å². The van der Waals surface area contributed by atoms with E-state index in [2.05, 4.69) is 16.5 Å². The van der Waals surface area contributed by atoms with Crippen LogP contribution in [0.1, 0.15) is 6.42 Å². The van der Waals surface area contributed by atoms with Crippen LogP contribution in [-0.4, -0.2) is 62.1 Å². The fraction of sp³-hybridized carbons (Fsp3) is 0.400. The van der Waals surface area contributed by atoms with Crippen LogP contribution in [0.2, 0.25) is 0 Å². The Kier molecular flexibility index (Phi) is 4.71. The summed E-state index contributed by atoms with van der Waals surface area (Å²) in [6, 6.07) is 7.11. The molecular formula is C15H20N4O4S2. The Morgan fingerprint density at radius 1 is 1.36 bits per heavy atom. The molecule has 0 unspecified atom stereocenters. The number of nitrogens with zero attached hydrogens (tertiary/aromatic N) is 3. The van der Waals surface area contributed by atoms with E-state index in [0.29, 0.717) is 24.0 Å². The van der Waals surface area contributed by atoms with Crippen LogP contribution < -0.4 is 0 Å². The number of aromatic nitrogens is 2. The van der Waals surface area contributed by atoms with Gasteiger partial charge in [-0.3, -0.25) is 0 Å². The summed E-state index contributed by atoms with van der Waals surface area (Å²) in [7, 11) is -5.76. The van der Waals surface area contributed by atoms with Gasteiger partial charge in [-0.15, -0.1) is 0 Å². The Balaban J connectivity index is 1.75. The van der Waals surface area contributed by atoms with Crippen LogP contribution >= 0.6 is 0 Å². The number of H-pyrrole nitrogens is 1. The third-order valence-electron chi connectivity index (χ3n) is 4.36. The summed E-state index contributed by atoms with van der Waals surface area (Å²) < 4.78 is 51.6. The molecule has 1 saturated heterocycles. The number of nitrogens with one attached hydrogen (secondary N) is 1. The highest BCUT2D eigenvalue weighted by Gasteiger charge is 2.35. The molecule has 25 heavy (non-hydrogen) atoms. The third kappa shape index (κ3) is 3.47. The number of hydrogen-bond donors (Lipinski definition) is 1. The topological polar surface area (TPSA) is 103 Å². The van der Waals surface area contributed by atoms with E-state index in [1.807, 2.05) is 0 Å². The first-order chi connectivity index (χ1) is 11.7. The van der Waals surface area contributed by atoms with Crippen molar-refractivity contribution in [2.24, 2.45) is 5.92 Å². The van der Waals surface area contributed by atoms with Crippen molar-refractivity contribution in [3.8, 4) is 0 Å². The van der Waals surface area contributed by atoms with Crippen molar-refractivity contribution >= 4 is 31.1 Å². The van der Waals surface area contributed by atoms with Gasteiger partial charge in [0.15, 0.2) is 0 Å². The molecule has 0 amide bonds. The predicted molar refractivity (Wildman–Crippen MR) is 94.7 cm³/mol. The van der Waals surface area contributed by atoms with Gasteiger partial charge < -0.3 is 4.98 Å². The first kappa shape index (κ1) is 18.1. The minimum atomic E-state index is -3.73. The Morgan fingerprint density at radius 2 is 2.08 bits per heavy atom. The summed E-state index contributed by atoms with van der Waals surface area (Å²) in [5.74, 6) is -0.0705. The molecule has 2 heterocycles. The smallest absolute Gasteiger partial charge is 0.276 e. The Labute approximate surface area is 147 Å². The van der Waals surface area contributed by atoms with Gasteiger partial charge in [-0.2, -0.15) is 4.31 Å². The second-order valence-corrected chi connectivity index (χ2v) is 9.91. The molecule has 0 saturated carbocycles. The number of aromatic amines is 1. The van der Waals surface area contributed by atoms with E-state index in [4.69, 9.17) is 0 Å². The number of imidazole rings is 1. The van der Waals surface area contributed by atoms with E-state index in [-0.39, 0.29) is 24.2 Å². The van der Waals surface area contributed by atoms with E-state index in [1.54, 1.807) is 24.3 Å². The number of para-hydroxylation sites is 2. The van der Waals surface area contributed by atoms with Crippen molar-refractivity contribution in [3.05, 3.63) is 36.3 Å². The SMILES string of the molecule is C=CS(=O)(=O)N(C)C[C@H]1CCN(S(=O)(=O)c2nc3ccccc3[nH]2)C1. The molecule has 8 nitrogen and oxygen atoms in total. The van der Waals surface area contributed by atoms with Crippen LogP contribution in [0.4, 0.5) is 0 Å². The van der Waals surface area contributed by atoms with Crippen LogP contribution in [0.15, 0.2) is 41.4 Å². The average molecular weight is 384 g/mol. The maximum Gasteiger partial charge on any atom is 0.276 e. The minimum absolute atomic E-state index is 0.0705. The fourth-order valence-electron chi connectivity index (χ4n) is 2.93. The van der Waals surface area contributed by atoms with E-state index in [0.717, 1.165) is 5.41 Å². The lowest BCUT2D eigenvalue weighted by Gasteiger charge is -2.19. The Bertz CT molecular complexity index is 964. The highest BCUT2D eigenvalue weighted by molar-refractivity contribution is 7.92. The summed E-state index contributed by atoms with van der Waals surface area (Å²) in [6.07, 6.45) is 0.594. The number of sulfonamides is 2. The molecule has 2 aromatic rings. The average Bonchev–Trinajstić information content (AvgIpc) is 3.21. The molecule has 1 atom stereocenters. The zero-order valence-electron chi connectivity index (χ0n) is 13.8. The maximum atomic E-state index is 12.8. The zero-order valence-corrected chi connectivity index (χ0v) is 15.4. The normalized spacial score (nSPS) is 19.7. The molecule has 1 aromatic carbocycles. The van der Waals surface area contributed by atoms with Gasteiger partial charge in [0.05, 0.1) is 11.0 Å². The standard InChI is InChI=1S/C15H20N4O4S2/c1-3-24(20,21)18(2)10-12-8-9-19(11-12)25(22,23)15-16-13-6-4-5-7-14(13)17-15/h3-7,12H,1,8-11H2,2H3,(H,16,17)/t12-/m1/s1. The Morgan fingerprint density at radius 3 is 2.76 bits per heavy atom. The molecule has 136 valence electrons. The summed E-state index contributed by atoms with van der Waals surface area (Å²) in [5.41, 5.74) is 1.25. The monoisotopic (exact) mass is 384 g/mol. The molecule has 0 radical (unpaired) electrons. The van der Waals surface area contributed by atoms with E-state index in [1.165, 1.54) is 15.7 Å². The largest absolute Gasteiger partial charge is 0.328 e. The second-order valence-electron chi connectivity index (χ2n) is 6.07. The maximum absolute atomic E-state index is 12.8. The molecule has 3 rings (SSSR count). The van der Waals surface area contributed by atoms with Gasteiger partial charge >= 0.3 is 0 Å². The van der Waals surface area contributed by atoms with E-state index in [9.17, 15) is 16.8 Å². The quantitative estimate of drug-likeness (QED) is 0.800. The lowest BCUT2D eigenvalue weighted by molar-refractivity contribution is 0.386. The highest BCUT2D eigenvalue weighted by Crippen LogP contribution is 2.25. The number of benzene rings is 1. The van der Waals surface area contributed by atoms with Gasteiger partial charge in [-0.05, 0) is 24.5 Å². The lowest BCUT2D eigenvalue weighted by Crippen LogP contribution is -2.34. The molecular weight excluding hydrogens is 364 g/mol. The molecule has 0 spiro atoms. The predicted octanol–water partition coefficient (Wildman–Crippen LogP) is 0.979. The van der Waals surface area contributed by atoms with Crippen molar-refractivity contribution in [3.63, 3.8) is 0 Å². The van der Waals surface area contributed by atoms with E-state index < -0.39 is 20.0 Å². The first-order valence-corrected chi connectivity index (χ1v) is 10.7. The van der Waals surface area contributed by atoms with Crippen molar-refractivity contribution in [1.82, 2.24) is 18.6 Å². The fourth-order valence-corrected chi connectivity index (χ4v) is 5.06. The zero-order chi connectivity index (χ0) is 18.2. The van der Waals surface area contributed by atoms with Crippen molar-refractivity contribution < 1.29 is 16.8 Å². The van der Waals surface area contributed by atoms with Crippen molar-refractivity contribution in [1.29, 1.82) is 0 Å². The Hall–Kier alpha value is -1.75. The van der Waals surface area contributed by atoms with Crippen molar-refractivity contribution in [2.75, 3.05) is 26.7 Å². The van der Waals surface area contributed by atoms with Crippen molar-refractivity contribution in [2.45, 2.75) is 11.6 Å². The molecule has 0 aliphatic carbocycles. The van der Waals surface area contributed by atoms with Crippen LogP contribution in [0.25, 0.3) is 11.0 Å². The van der Waals surface area contributed by atoms with Gasteiger partial charge in [0, 0.05) is 32.1 Å². The molecule has 1 aromatic heterocycles. The summed E-state index contributed by atoms with van der Waals surface area (Å²) in [5, 5.41) is 0.812. The highest BCUT2D eigenvalue weighted by atomic mass is 32.2. The lowest BCUT2D eigenvalue weighted by atomic mass is 10.1. The summed E-state index contributed by atoms with van der Waals surface area (Å²) in [4.78, 5) is 7.00. The molecule has 1 fully saturated rings. The third-order valence-corrected chi connectivity index (χ3v) is 7.49. The number of hydrogen-bond acceptors (Lipinski definition) is 5. The molecule has 1 N–H and O–H groups in total. The van der Waals surface area contributed by atoms with Crippen LogP contribution in [-0.2, 0) is 20.0 Å². The summed E-state index contributed by atoms with van der Waals surface area (Å²) >= 11 is 0. The second kappa shape index (κ2) is 6.52. The van der Waals surface area contributed by atoms with Gasteiger partial charge in [-0.25, -0.2) is 26.1 Å². The molecule has 1 aliphatic heterocycles. The summed E-state index contributed by atoms with van der Waals surface area (Å²) in [6.45, 7) is 4.14. The molecule has 0 bridgehead atoms. The molecule has 1 aliphatic rings. The van der Waals surface area contributed by atoms with Crippen LogP contribution in [0, 0.1) is 5.92 Å². The van der Waals surface area contributed by atoms with Gasteiger partial charge in [0.2, 0.25) is 15.2 Å². The van der Waals surface area contributed by atoms with Gasteiger partial charge in [0.25, 0.3) is 10.0 Å². The molecule has 10 heteroatoms. The number of rotatable bonds is 6. The minimum Gasteiger partial charge on any atom is -0.328 e. The van der Waals surface area contributed by atoms with Crippen LogP contribution in [0.5, 0.6) is 0 Å². The van der Waals surface area contributed by atoms with Crippen LogP contribution in [0.3, 0.4) is 0 Å².